The average Bonchev–Trinajstić information content (AvgIpc) is 2.33. The van der Waals surface area contributed by atoms with Crippen LogP contribution in [0.2, 0.25) is 0 Å². The summed E-state index contributed by atoms with van der Waals surface area (Å²) in [7, 11) is 0. The third-order valence-corrected chi connectivity index (χ3v) is 3.73. The maximum absolute atomic E-state index is 3.53. The van der Waals surface area contributed by atoms with Gasteiger partial charge >= 0.3 is 0 Å². The quantitative estimate of drug-likeness (QED) is 0.663. The lowest BCUT2D eigenvalue weighted by molar-refractivity contribution is 1.23. The van der Waals surface area contributed by atoms with Crippen LogP contribution >= 0.6 is 15.9 Å². The monoisotopic (exact) mass is 288 g/mol. The highest BCUT2D eigenvalue weighted by molar-refractivity contribution is 9.10. The van der Waals surface area contributed by atoms with Crippen molar-refractivity contribution in [2.24, 2.45) is 0 Å². The Morgan fingerprint density at radius 3 is 2.65 bits per heavy atom. The van der Waals surface area contributed by atoms with E-state index in [1.807, 2.05) is 0 Å². The number of aryl methyl sites for hydroxylation is 1. The van der Waals surface area contributed by atoms with Gasteiger partial charge in [0.1, 0.15) is 0 Å². The molecule has 0 bridgehead atoms. The number of hydrogen-bond acceptors (Lipinski definition) is 0. The fraction of sp³-hybridized carbons (Fsp3) is 0.250. The highest BCUT2D eigenvalue weighted by Crippen LogP contribution is 2.31. The zero-order valence-corrected chi connectivity index (χ0v) is 12.1. The molecule has 2 aromatic carbocycles. The van der Waals surface area contributed by atoms with Gasteiger partial charge in [-0.1, -0.05) is 47.1 Å². The molecule has 0 unspecified atom stereocenters. The fourth-order valence-electron chi connectivity index (χ4n) is 2.36. The molecule has 0 radical (unpaired) electrons. The van der Waals surface area contributed by atoms with Gasteiger partial charge in [-0.25, -0.2) is 0 Å². The maximum Gasteiger partial charge on any atom is 0.0181 e. The summed E-state index contributed by atoms with van der Waals surface area (Å²) in [6.07, 6.45) is 3.30. The van der Waals surface area contributed by atoms with E-state index in [1.54, 1.807) is 0 Å². The van der Waals surface area contributed by atoms with Crippen LogP contribution in [0.5, 0.6) is 0 Å². The van der Waals surface area contributed by atoms with Gasteiger partial charge in [0.2, 0.25) is 0 Å². The number of fused-ring (bicyclic) bond motifs is 1. The first-order valence-corrected chi connectivity index (χ1v) is 6.81. The minimum absolute atomic E-state index is 1.08. The first kappa shape index (κ1) is 12.4. The van der Waals surface area contributed by atoms with Crippen molar-refractivity contribution in [2.75, 3.05) is 0 Å². The molecule has 17 heavy (non-hydrogen) atoms. The van der Waals surface area contributed by atoms with Crippen LogP contribution in [-0.4, -0.2) is 0 Å². The predicted octanol–water partition coefficient (Wildman–Crippen LogP) is 5.72. The molecule has 0 aromatic heterocycles. The molecule has 1 heteroatoms. The summed E-state index contributed by atoms with van der Waals surface area (Å²) in [6.45, 7) is 6.53. The molecular weight excluding hydrogens is 272 g/mol. The van der Waals surface area contributed by atoms with E-state index in [2.05, 4.69) is 73.1 Å². The standard InChI is InChI=1S/C16H17Br/c1-4-12(5-2)16-11(3)6-7-13-10-14(17)8-9-15(13)16/h4,6-10H,5H2,1-3H3/b12-4+. The first-order chi connectivity index (χ1) is 8.17. The molecule has 0 saturated heterocycles. The zero-order chi connectivity index (χ0) is 12.4. The minimum atomic E-state index is 1.08. The van der Waals surface area contributed by atoms with Crippen molar-refractivity contribution in [1.29, 1.82) is 0 Å². The van der Waals surface area contributed by atoms with Gasteiger partial charge in [-0.2, -0.15) is 0 Å². The molecule has 2 aromatic rings. The lowest BCUT2D eigenvalue weighted by Crippen LogP contribution is -1.90. The van der Waals surface area contributed by atoms with Crippen LogP contribution in [0.4, 0.5) is 0 Å². The second kappa shape index (κ2) is 5.05. The van der Waals surface area contributed by atoms with Crippen LogP contribution in [0.25, 0.3) is 16.3 Å². The molecule has 0 amide bonds. The molecule has 0 N–H and O–H groups in total. The molecule has 0 aliphatic rings. The van der Waals surface area contributed by atoms with E-state index < -0.39 is 0 Å². The lowest BCUT2D eigenvalue weighted by Gasteiger charge is -2.13. The first-order valence-electron chi connectivity index (χ1n) is 6.01. The summed E-state index contributed by atoms with van der Waals surface area (Å²) in [5, 5.41) is 2.65. The van der Waals surface area contributed by atoms with Crippen molar-refractivity contribution in [2.45, 2.75) is 27.2 Å². The van der Waals surface area contributed by atoms with E-state index in [1.165, 1.54) is 27.5 Å². The van der Waals surface area contributed by atoms with Crippen molar-refractivity contribution < 1.29 is 0 Å². The number of allylic oxidation sites excluding steroid dienone is 2. The molecule has 0 spiro atoms. The van der Waals surface area contributed by atoms with Crippen molar-refractivity contribution in [3.05, 3.63) is 52.0 Å². The Balaban J connectivity index is 2.80. The fourth-order valence-corrected chi connectivity index (χ4v) is 2.74. The average molecular weight is 289 g/mol. The van der Waals surface area contributed by atoms with E-state index in [-0.39, 0.29) is 0 Å². The van der Waals surface area contributed by atoms with E-state index >= 15 is 0 Å². The van der Waals surface area contributed by atoms with Crippen LogP contribution in [0.15, 0.2) is 40.9 Å². The summed E-state index contributed by atoms with van der Waals surface area (Å²) in [5.41, 5.74) is 4.19. The third-order valence-electron chi connectivity index (χ3n) is 3.24. The zero-order valence-electron chi connectivity index (χ0n) is 10.5. The molecule has 0 nitrogen and oxygen atoms in total. The summed E-state index contributed by atoms with van der Waals surface area (Å²) >= 11 is 3.53. The number of hydrogen-bond donors (Lipinski definition) is 0. The third kappa shape index (κ3) is 2.30. The van der Waals surface area contributed by atoms with Crippen molar-refractivity contribution in [3.8, 4) is 0 Å². The Labute approximate surface area is 111 Å². The summed E-state index contributed by atoms with van der Waals surface area (Å²) < 4.78 is 1.14. The SMILES string of the molecule is C/C=C(\CC)c1c(C)ccc2cc(Br)ccc12. The van der Waals surface area contributed by atoms with Crippen LogP contribution in [0.1, 0.15) is 31.4 Å². The Hall–Kier alpha value is -1.08. The molecule has 0 saturated carbocycles. The topological polar surface area (TPSA) is 0 Å². The Morgan fingerprint density at radius 2 is 2.00 bits per heavy atom. The second-order valence-corrected chi connectivity index (χ2v) is 5.21. The maximum atomic E-state index is 3.53. The van der Waals surface area contributed by atoms with Gasteiger partial charge in [-0.05, 0) is 59.9 Å². The molecular formula is C16H17Br. The molecule has 0 aliphatic carbocycles. The smallest absolute Gasteiger partial charge is 0.0181 e. The van der Waals surface area contributed by atoms with Crippen LogP contribution in [-0.2, 0) is 0 Å². The van der Waals surface area contributed by atoms with E-state index in [9.17, 15) is 0 Å². The summed E-state index contributed by atoms with van der Waals surface area (Å²) in [6, 6.07) is 10.9. The van der Waals surface area contributed by atoms with Gasteiger partial charge in [0.25, 0.3) is 0 Å². The largest absolute Gasteiger partial charge is 0.0838 e. The second-order valence-electron chi connectivity index (χ2n) is 4.29. The number of rotatable bonds is 2. The van der Waals surface area contributed by atoms with Crippen LogP contribution in [0, 0.1) is 6.92 Å². The highest BCUT2D eigenvalue weighted by Gasteiger charge is 2.08. The molecule has 0 atom stereocenters. The van der Waals surface area contributed by atoms with Gasteiger partial charge in [0.05, 0.1) is 0 Å². The van der Waals surface area contributed by atoms with Gasteiger partial charge in [0.15, 0.2) is 0 Å². The molecule has 0 fully saturated rings. The van der Waals surface area contributed by atoms with E-state index in [0.717, 1.165) is 10.9 Å². The summed E-state index contributed by atoms with van der Waals surface area (Å²) in [5.74, 6) is 0. The molecule has 0 aliphatic heterocycles. The van der Waals surface area contributed by atoms with Gasteiger partial charge < -0.3 is 0 Å². The van der Waals surface area contributed by atoms with Gasteiger partial charge in [-0.3, -0.25) is 0 Å². The highest BCUT2D eigenvalue weighted by atomic mass is 79.9. The normalized spacial score (nSPS) is 12.1. The number of halogens is 1. The Kier molecular flexibility index (Phi) is 3.68. The van der Waals surface area contributed by atoms with Gasteiger partial charge in [0, 0.05) is 4.47 Å². The predicted molar refractivity (Wildman–Crippen MR) is 80.3 cm³/mol. The van der Waals surface area contributed by atoms with E-state index in [0.29, 0.717) is 0 Å². The lowest BCUT2D eigenvalue weighted by atomic mass is 9.92. The Bertz CT molecular complexity index is 579. The van der Waals surface area contributed by atoms with Crippen LogP contribution in [0.3, 0.4) is 0 Å². The Morgan fingerprint density at radius 1 is 1.24 bits per heavy atom. The summed E-state index contributed by atoms with van der Waals surface area (Å²) in [4.78, 5) is 0. The van der Waals surface area contributed by atoms with Crippen molar-refractivity contribution in [1.82, 2.24) is 0 Å². The number of benzene rings is 2. The van der Waals surface area contributed by atoms with Crippen molar-refractivity contribution >= 4 is 32.3 Å². The van der Waals surface area contributed by atoms with E-state index in [4.69, 9.17) is 0 Å². The molecule has 88 valence electrons. The molecule has 2 rings (SSSR count). The minimum Gasteiger partial charge on any atom is -0.0838 e. The van der Waals surface area contributed by atoms with Crippen LogP contribution < -0.4 is 0 Å². The van der Waals surface area contributed by atoms with Crippen molar-refractivity contribution in [3.63, 3.8) is 0 Å². The van der Waals surface area contributed by atoms with Gasteiger partial charge in [-0.15, -0.1) is 0 Å². The molecule has 0 heterocycles.